The van der Waals surface area contributed by atoms with Crippen molar-refractivity contribution in [2.45, 2.75) is 33.7 Å². The molecular formula is C16H30N4O. The molecule has 0 bridgehead atoms. The van der Waals surface area contributed by atoms with Crippen molar-refractivity contribution in [2.24, 2.45) is 18.0 Å². The Morgan fingerprint density at radius 1 is 1.38 bits per heavy atom. The minimum absolute atomic E-state index is 0.600. The fourth-order valence-electron chi connectivity index (χ4n) is 1.87. The van der Waals surface area contributed by atoms with Crippen molar-refractivity contribution >= 4 is 5.96 Å². The number of hydrogen-bond acceptors (Lipinski definition) is 2. The summed E-state index contributed by atoms with van der Waals surface area (Å²) in [6, 6.07) is 2.09. The topological polar surface area (TPSA) is 50.6 Å². The van der Waals surface area contributed by atoms with E-state index < -0.39 is 0 Å². The molecule has 5 nitrogen and oxygen atoms in total. The van der Waals surface area contributed by atoms with E-state index in [1.165, 1.54) is 5.56 Å². The van der Waals surface area contributed by atoms with Crippen molar-refractivity contribution in [2.75, 3.05) is 26.3 Å². The largest absolute Gasteiger partial charge is 0.381 e. The summed E-state index contributed by atoms with van der Waals surface area (Å²) in [5.41, 5.74) is 1.22. The first kappa shape index (κ1) is 17.6. The van der Waals surface area contributed by atoms with E-state index in [1.807, 2.05) is 17.8 Å². The molecule has 0 atom stereocenters. The third-order valence-electron chi connectivity index (χ3n) is 2.87. The normalized spacial score (nSPS) is 12.0. The summed E-state index contributed by atoms with van der Waals surface area (Å²) in [7, 11) is 2.02. The maximum atomic E-state index is 5.57. The second-order valence-corrected chi connectivity index (χ2v) is 5.63. The molecule has 0 unspecified atom stereocenters. The van der Waals surface area contributed by atoms with Crippen molar-refractivity contribution in [3.8, 4) is 0 Å². The van der Waals surface area contributed by atoms with Crippen LogP contribution in [0.3, 0.4) is 0 Å². The van der Waals surface area contributed by atoms with Crippen molar-refractivity contribution in [3.63, 3.8) is 0 Å². The van der Waals surface area contributed by atoms with Gasteiger partial charge in [0.15, 0.2) is 5.96 Å². The van der Waals surface area contributed by atoms with Crippen LogP contribution in [0.2, 0.25) is 0 Å². The van der Waals surface area contributed by atoms with Gasteiger partial charge in [0, 0.05) is 45.7 Å². The standard InChI is InChI=1S/C16H30N4O/c1-5-17-16(18-8-6-10-21-13-14(2)3)19-11-15-7-9-20(4)12-15/h7,9,12,14H,5-6,8,10-11,13H2,1-4H3,(H2,17,18,19). The van der Waals surface area contributed by atoms with Gasteiger partial charge in [-0.25, -0.2) is 4.99 Å². The van der Waals surface area contributed by atoms with Crippen LogP contribution in [0.1, 0.15) is 32.8 Å². The van der Waals surface area contributed by atoms with Crippen LogP contribution in [-0.2, 0) is 18.3 Å². The summed E-state index contributed by atoms with van der Waals surface area (Å²) in [4.78, 5) is 4.58. The number of aryl methyl sites for hydroxylation is 1. The van der Waals surface area contributed by atoms with Gasteiger partial charge in [-0.1, -0.05) is 13.8 Å². The van der Waals surface area contributed by atoms with Crippen LogP contribution < -0.4 is 10.6 Å². The minimum atomic E-state index is 0.600. The summed E-state index contributed by atoms with van der Waals surface area (Å²) < 4.78 is 7.60. The predicted octanol–water partition coefficient (Wildman–Crippen LogP) is 2.14. The third kappa shape index (κ3) is 8.40. The van der Waals surface area contributed by atoms with Gasteiger partial charge in [-0.3, -0.25) is 0 Å². The maximum Gasteiger partial charge on any atom is 0.191 e. The number of rotatable bonds is 9. The van der Waals surface area contributed by atoms with Crippen LogP contribution in [0, 0.1) is 5.92 Å². The molecule has 1 aromatic heterocycles. The van der Waals surface area contributed by atoms with Gasteiger partial charge >= 0.3 is 0 Å². The van der Waals surface area contributed by atoms with E-state index >= 15 is 0 Å². The maximum absolute atomic E-state index is 5.57. The van der Waals surface area contributed by atoms with E-state index in [-0.39, 0.29) is 0 Å². The van der Waals surface area contributed by atoms with Gasteiger partial charge in [-0.05, 0) is 30.9 Å². The van der Waals surface area contributed by atoms with E-state index in [9.17, 15) is 0 Å². The second kappa shape index (κ2) is 10.3. The third-order valence-corrected chi connectivity index (χ3v) is 2.87. The molecule has 0 saturated heterocycles. The van der Waals surface area contributed by atoms with Gasteiger partial charge in [-0.2, -0.15) is 0 Å². The van der Waals surface area contributed by atoms with Gasteiger partial charge in [0.2, 0.25) is 0 Å². The molecule has 0 fully saturated rings. The Balaban J connectivity index is 2.25. The summed E-state index contributed by atoms with van der Waals surface area (Å²) in [5, 5.41) is 6.60. The summed E-state index contributed by atoms with van der Waals surface area (Å²) in [6.07, 6.45) is 5.12. The first-order valence-corrected chi connectivity index (χ1v) is 7.82. The quantitative estimate of drug-likeness (QED) is 0.417. The summed E-state index contributed by atoms with van der Waals surface area (Å²) in [5.74, 6) is 1.47. The Kier molecular flexibility index (Phi) is 8.59. The van der Waals surface area contributed by atoms with Gasteiger partial charge in [-0.15, -0.1) is 0 Å². The van der Waals surface area contributed by atoms with E-state index in [1.54, 1.807) is 0 Å². The van der Waals surface area contributed by atoms with Gasteiger partial charge in [0.05, 0.1) is 6.54 Å². The van der Waals surface area contributed by atoms with Crippen molar-refractivity contribution in [1.29, 1.82) is 0 Å². The number of guanidine groups is 1. The predicted molar refractivity (Wildman–Crippen MR) is 88.5 cm³/mol. The smallest absolute Gasteiger partial charge is 0.191 e. The zero-order valence-corrected chi connectivity index (χ0v) is 13.9. The van der Waals surface area contributed by atoms with Gasteiger partial charge < -0.3 is 19.9 Å². The van der Waals surface area contributed by atoms with Crippen LogP contribution in [0.5, 0.6) is 0 Å². The summed E-state index contributed by atoms with van der Waals surface area (Å²) in [6.45, 7) is 10.5. The lowest BCUT2D eigenvalue weighted by atomic mass is 10.2. The second-order valence-electron chi connectivity index (χ2n) is 5.63. The highest BCUT2D eigenvalue weighted by Gasteiger charge is 1.99. The first-order valence-electron chi connectivity index (χ1n) is 7.82. The van der Waals surface area contributed by atoms with Crippen molar-refractivity contribution in [1.82, 2.24) is 15.2 Å². The number of ether oxygens (including phenoxy) is 1. The van der Waals surface area contributed by atoms with E-state index in [4.69, 9.17) is 4.74 Å². The molecule has 0 aliphatic rings. The van der Waals surface area contributed by atoms with Crippen LogP contribution in [0.15, 0.2) is 23.5 Å². The van der Waals surface area contributed by atoms with Crippen LogP contribution in [0.25, 0.3) is 0 Å². The molecule has 1 rings (SSSR count). The molecule has 0 amide bonds. The number of nitrogens with one attached hydrogen (secondary N) is 2. The molecule has 21 heavy (non-hydrogen) atoms. The molecule has 1 aromatic rings. The monoisotopic (exact) mass is 294 g/mol. The lowest BCUT2D eigenvalue weighted by Gasteiger charge is -2.11. The Bertz CT molecular complexity index is 412. The van der Waals surface area contributed by atoms with Crippen LogP contribution in [0.4, 0.5) is 0 Å². The average molecular weight is 294 g/mol. The number of hydrogen-bond donors (Lipinski definition) is 2. The molecule has 2 N–H and O–H groups in total. The number of aliphatic imine (C=N–C) groups is 1. The fraction of sp³-hybridized carbons (Fsp3) is 0.688. The zero-order valence-electron chi connectivity index (χ0n) is 13.9. The van der Waals surface area contributed by atoms with E-state index in [0.717, 1.165) is 38.7 Å². The van der Waals surface area contributed by atoms with Crippen LogP contribution in [-0.4, -0.2) is 36.8 Å². The van der Waals surface area contributed by atoms with Gasteiger partial charge in [0.25, 0.3) is 0 Å². The molecule has 0 aliphatic carbocycles. The molecule has 1 heterocycles. The van der Waals surface area contributed by atoms with Crippen LogP contribution >= 0.6 is 0 Å². The van der Waals surface area contributed by atoms with E-state index in [2.05, 4.69) is 48.7 Å². The first-order chi connectivity index (χ1) is 10.1. The minimum Gasteiger partial charge on any atom is -0.381 e. The average Bonchev–Trinajstić information content (AvgIpc) is 2.85. The Hall–Kier alpha value is -1.49. The lowest BCUT2D eigenvalue weighted by molar-refractivity contribution is 0.108. The molecule has 0 radical (unpaired) electrons. The molecule has 0 spiro atoms. The highest BCUT2D eigenvalue weighted by molar-refractivity contribution is 5.79. The number of nitrogens with zero attached hydrogens (tertiary/aromatic N) is 2. The van der Waals surface area contributed by atoms with Gasteiger partial charge in [0.1, 0.15) is 0 Å². The molecule has 0 aliphatic heterocycles. The molecule has 0 aromatic carbocycles. The molecular weight excluding hydrogens is 264 g/mol. The van der Waals surface area contributed by atoms with Crippen molar-refractivity contribution < 1.29 is 4.74 Å². The molecule has 0 saturated carbocycles. The molecule has 5 heteroatoms. The Morgan fingerprint density at radius 2 is 2.19 bits per heavy atom. The highest BCUT2D eigenvalue weighted by Crippen LogP contribution is 2.01. The molecule has 120 valence electrons. The highest BCUT2D eigenvalue weighted by atomic mass is 16.5. The lowest BCUT2D eigenvalue weighted by Crippen LogP contribution is -2.38. The summed E-state index contributed by atoms with van der Waals surface area (Å²) >= 11 is 0. The fourth-order valence-corrected chi connectivity index (χ4v) is 1.87. The Labute approximate surface area is 128 Å². The number of aromatic nitrogens is 1. The SMILES string of the molecule is CCNC(=NCc1ccn(C)c1)NCCCOCC(C)C. The zero-order chi connectivity index (χ0) is 15.5. The van der Waals surface area contributed by atoms with Crippen molar-refractivity contribution in [3.05, 3.63) is 24.0 Å². The Morgan fingerprint density at radius 3 is 2.81 bits per heavy atom. The van der Waals surface area contributed by atoms with E-state index in [0.29, 0.717) is 12.5 Å².